The van der Waals surface area contributed by atoms with Gasteiger partial charge in [-0.2, -0.15) is 0 Å². The second kappa shape index (κ2) is 11.7. The van der Waals surface area contributed by atoms with Crippen LogP contribution in [0, 0.1) is 5.41 Å². The molecule has 1 aromatic rings. The molecule has 0 amide bonds. The number of nitrogens with one attached hydrogen (secondary N) is 2. The zero-order chi connectivity index (χ0) is 21.2. The summed E-state index contributed by atoms with van der Waals surface area (Å²) >= 11 is 0. The van der Waals surface area contributed by atoms with E-state index in [9.17, 15) is 5.11 Å². The smallest absolute Gasteiger partial charge is 0.191 e. The largest absolute Gasteiger partial charge is 0.396 e. The van der Waals surface area contributed by atoms with Crippen molar-refractivity contribution < 1.29 is 9.84 Å². The molecule has 1 aliphatic heterocycles. The van der Waals surface area contributed by atoms with E-state index in [1.165, 1.54) is 43.2 Å². The second-order valence-corrected chi connectivity index (χ2v) is 9.03. The fourth-order valence-electron chi connectivity index (χ4n) is 4.79. The topological polar surface area (TPSA) is 69.1 Å². The van der Waals surface area contributed by atoms with Crippen molar-refractivity contribution in [3.63, 3.8) is 0 Å². The van der Waals surface area contributed by atoms with E-state index in [0.717, 1.165) is 45.0 Å². The maximum atomic E-state index is 9.43. The van der Waals surface area contributed by atoms with Crippen LogP contribution in [0.15, 0.2) is 29.3 Å². The van der Waals surface area contributed by atoms with E-state index in [-0.39, 0.29) is 12.0 Å². The van der Waals surface area contributed by atoms with Crippen molar-refractivity contribution in [3.05, 3.63) is 35.4 Å². The van der Waals surface area contributed by atoms with Gasteiger partial charge in [0.25, 0.3) is 0 Å². The molecule has 2 aliphatic rings. The Balaban J connectivity index is 1.54. The summed E-state index contributed by atoms with van der Waals surface area (Å²) in [6.07, 6.45) is 8.51. The molecule has 1 aromatic carbocycles. The lowest BCUT2D eigenvalue weighted by Crippen LogP contribution is -2.44. The van der Waals surface area contributed by atoms with Gasteiger partial charge in [0.2, 0.25) is 0 Å². The molecule has 2 fully saturated rings. The maximum Gasteiger partial charge on any atom is 0.191 e. The molecular weight excluding hydrogens is 376 g/mol. The highest BCUT2D eigenvalue weighted by atomic mass is 16.5. The van der Waals surface area contributed by atoms with Gasteiger partial charge in [0.1, 0.15) is 0 Å². The Hall–Kier alpha value is -1.63. The monoisotopic (exact) mass is 416 g/mol. The van der Waals surface area contributed by atoms with Crippen molar-refractivity contribution in [2.24, 2.45) is 10.4 Å². The van der Waals surface area contributed by atoms with E-state index < -0.39 is 0 Å². The zero-order valence-electron chi connectivity index (χ0n) is 18.8. The highest BCUT2D eigenvalue weighted by Crippen LogP contribution is 2.31. The van der Waals surface area contributed by atoms with Gasteiger partial charge in [-0.25, -0.2) is 0 Å². The minimum atomic E-state index is 0.00693. The summed E-state index contributed by atoms with van der Waals surface area (Å²) in [5, 5.41) is 16.4. The molecule has 30 heavy (non-hydrogen) atoms. The van der Waals surface area contributed by atoms with Crippen LogP contribution in [0.3, 0.4) is 0 Å². The van der Waals surface area contributed by atoms with Crippen LogP contribution in [0.2, 0.25) is 0 Å². The zero-order valence-corrected chi connectivity index (χ0v) is 18.8. The SMILES string of the molecule is CN=C(NCc1ccccc1CN(C)C1CCCCC1)NCC1(CCO)CCOC1. The third-order valence-corrected chi connectivity index (χ3v) is 6.86. The predicted molar refractivity (Wildman–Crippen MR) is 123 cm³/mol. The fourth-order valence-corrected chi connectivity index (χ4v) is 4.79. The molecule has 1 unspecified atom stereocenters. The van der Waals surface area contributed by atoms with E-state index in [1.807, 2.05) is 7.05 Å². The van der Waals surface area contributed by atoms with Crippen LogP contribution in [0.1, 0.15) is 56.1 Å². The molecule has 0 radical (unpaired) electrons. The van der Waals surface area contributed by atoms with Crippen LogP contribution in [0.25, 0.3) is 0 Å². The first-order chi connectivity index (χ1) is 14.7. The van der Waals surface area contributed by atoms with Gasteiger partial charge in [-0.15, -0.1) is 0 Å². The van der Waals surface area contributed by atoms with Crippen molar-refractivity contribution >= 4 is 5.96 Å². The molecule has 168 valence electrons. The molecule has 1 saturated carbocycles. The van der Waals surface area contributed by atoms with Crippen LogP contribution in [0.4, 0.5) is 0 Å². The van der Waals surface area contributed by atoms with Crippen molar-refractivity contribution in [1.29, 1.82) is 0 Å². The Labute approximate surface area is 182 Å². The lowest BCUT2D eigenvalue weighted by atomic mass is 9.84. The number of aliphatic hydroxyl groups excluding tert-OH is 1. The van der Waals surface area contributed by atoms with Gasteiger partial charge in [0.05, 0.1) is 6.61 Å². The number of hydrogen-bond acceptors (Lipinski definition) is 4. The molecule has 6 nitrogen and oxygen atoms in total. The molecule has 6 heteroatoms. The van der Waals surface area contributed by atoms with Gasteiger partial charge < -0.3 is 20.5 Å². The van der Waals surface area contributed by atoms with E-state index in [2.05, 4.69) is 51.8 Å². The summed E-state index contributed by atoms with van der Waals surface area (Å²) in [4.78, 5) is 6.93. The first kappa shape index (κ1) is 23.0. The van der Waals surface area contributed by atoms with E-state index in [0.29, 0.717) is 12.6 Å². The molecule has 3 N–H and O–H groups in total. The molecule has 1 heterocycles. The number of hydrogen-bond donors (Lipinski definition) is 3. The number of ether oxygens (including phenoxy) is 1. The van der Waals surface area contributed by atoms with Crippen molar-refractivity contribution in [1.82, 2.24) is 15.5 Å². The highest BCUT2D eigenvalue weighted by molar-refractivity contribution is 5.79. The third-order valence-electron chi connectivity index (χ3n) is 6.86. The Morgan fingerprint density at radius 3 is 2.63 bits per heavy atom. The second-order valence-electron chi connectivity index (χ2n) is 9.03. The number of benzene rings is 1. The third kappa shape index (κ3) is 6.43. The molecule has 0 aromatic heterocycles. The Kier molecular flexibility index (Phi) is 8.97. The summed E-state index contributed by atoms with van der Waals surface area (Å²) in [5.41, 5.74) is 2.71. The maximum absolute atomic E-state index is 9.43. The molecule has 1 saturated heterocycles. The van der Waals surface area contributed by atoms with Crippen LogP contribution in [-0.4, -0.2) is 62.5 Å². The standard InChI is InChI=1S/C24H40N4O2/c1-25-23(27-18-24(12-14-29)13-15-30-19-24)26-16-20-8-6-7-9-21(20)17-28(2)22-10-4-3-5-11-22/h6-9,22,29H,3-5,10-19H2,1-2H3,(H2,25,26,27). The molecule has 1 atom stereocenters. The number of guanidine groups is 1. The summed E-state index contributed by atoms with van der Waals surface area (Å²) in [5.74, 6) is 0.801. The predicted octanol–water partition coefficient (Wildman–Crippen LogP) is 2.91. The van der Waals surface area contributed by atoms with Gasteiger partial charge in [-0.1, -0.05) is 43.5 Å². The van der Waals surface area contributed by atoms with E-state index in [4.69, 9.17) is 4.74 Å². The summed E-state index contributed by atoms with van der Waals surface area (Å²) in [6, 6.07) is 9.43. The van der Waals surface area contributed by atoms with Gasteiger partial charge in [0.15, 0.2) is 5.96 Å². The minimum Gasteiger partial charge on any atom is -0.396 e. The number of aliphatic hydroxyl groups is 1. The van der Waals surface area contributed by atoms with E-state index in [1.54, 1.807) is 0 Å². The Morgan fingerprint density at radius 2 is 1.97 bits per heavy atom. The Bertz CT molecular complexity index is 667. The van der Waals surface area contributed by atoms with Gasteiger partial charge >= 0.3 is 0 Å². The van der Waals surface area contributed by atoms with E-state index >= 15 is 0 Å². The Morgan fingerprint density at radius 1 is 1.20 bits per heavy atom. The average molecular weight is 417 g/mol. The summed E-state index contributed by atoms with van der Waals surface area (Å²) in [6.45, 7) is 4.17. The highest BCUT2D eigenvalue weighted by Gasteiger charge is 2.34. The molecule has 0 spiro atoms. The quantitative estimate of drug-likeness (QED) is 0.427. The number of nitrogens with zero attached hydrogens (tertiary/aromatic N) is 2. The van der Waals surface area contributed by atoms with Gasteiger partial charge in [-0.3, -0.25) is 9.89 Å². The minimum absolute atomic E-state index is 0.00693. The van der Waals surface area contributed by atoms with Crippen molar-refractivity contribution in [2.75, 3.05) is 40.5 Å². The van der Waals surface area contributed by atoms with Crippen LogP contribution in [0.5, 0.6) is 0 Å². The van der Waals surface area contributed by atoms with Crippen LogP contribution >= 0.6 is 0 Å². The normalized spacial score (nSPS) is 23.1. The van der Waals surface area contributed by atoms with Crippen molar-refractivity contribution in [2.45, 2.75) is 64.1 Å². The molecule has 0 bridgehead atoms. The summed E-state index contributed by atoms with van der Waals surface area (Å²) in [7, 11) is 4.08. The number of aliphatic imine (C=N–C) groups is 1. The van der Waals surface area contributed by atoms with Gasteiger partial charge in [0, 0.05) is 51.4 Å². The lowest BCUT2D eigenvalue weighted by Gasteiger charge is -2.31. The molecule has 1 aliphatic carbocycles. The fraction of sp³-hybridized carbons (Fsp3) is 0.708. The van der Waals surface area contributed by atoms with Crippen molar-refractivity contribution in [3.8, 4) is 0 Å². The number of rotatable bonds is 9. The molecule has 3 rings (SSSR count). The van der Waals surface area contributed by atoms with Gasteiger partial charge in [-0.05, 0) is 43.9 Å². The molecular formula is C24H40N4O2. The van der Waals surface area contributed by atoms with Crippen LogP contribution < -0.4 is 10.6 Å². The lowest BCUT2D eigenvalue weighted by molar-refractivity contribution is 0.127. The van der Waals surface area contributed by atoms with Crippen LogP contribution in [-0.2, 0) is 17.8 Å². The first-order valence-corrected chi connectivity index (χ1v) is 11.6. The first-order valence-electron chi connectivity index (χ1n) is 11.6. The summed E-state index contributed by atoms with van der Waals surface area (Å²) < 4.78 is 5.59. The average Bonchev–Trinajstić information content (AvgIpc) is 3.24.